The van der Waals surface area contributed by atoms with Crippen LogP contribution in [-0.2, 0) is 0 Å². The van der Waals surface area contributed by atoms with Crippen LogP contribution in [0.2, 0.25) is 5.02 Å². The normalized spacial score (nSPS) is 26.3. The summed E-state index contributed by atoms with van der Waals surface area (Å²) in [5, 5.41) is 12.3. The molecule has 1 aromatic rings. The molecule has 3 unspecified atom stereocenters. The number of amides is 1. The van der Waals surface area contributed by atoms with Crippen molar-refractivity contribution in [2.24, 2.45) is 11.8 Å². The minimum atomic E-state index is -0.206. The highest BCUT2D eigenvalue weighted by Gasteiger charge is 2.40. The van der Waals surface area contributed by atoms with Crippen molar-refractivity contribution in [3.8, 4) is 11.8 Å². The van der Waals surface area contributed by atoms with E-state index in [1.165, 1.54) is 19.3 Å². The maximum atomic E-state index is 12.3. The van der Waals surface area contributed by atoms with Gasteiger partial charge in [0, 0.05) is 17.2 Å². The molecule has 0 spiro atoms. The molecule has 3 rings (SSSR count). The third kappa shape index (κ3) is 3.07. The lowest BCUT2D eigenvalue weighted by Gasteiger charge is -2.22. The van der Waals surface area contributed by atoms with Crippen LogP contribution in [0.3, 0.4) is 0 Å². The second-order valence-electron chi connectivity index (χ2n) is 5.91. The van der Waals surface area contributed by atoms with Crippen molar-refractivity contribution in [2.75, 3.05) is 6.61 Å². The summed E-state index contributed by atoms with van der Waals surface area (Å²) in [4.78, 5) is 12.3. The molecule has 4 heteroatoms. The van der Waals surface area contributed by atoms with Gasteiger partial charge in [-0.2, -0.15) is 0 Å². The quantitative estimate of drug-likeness (QED) is 0.825. The van der Waals surface area contributed by atoms with E-state index in [2.05, 4.69) is 17.2 Å². The predicted octanol–water partition coefficient (Wildman–Crippen LogP) is 2.60. The van der Waals surface area contributed by atoms with Gasteiger partial charge in [-0.15, -0.1) is 0 Å². The van der Waals surface area contributed by atoms with Crippen molar-refractivity contribution in [1.29, 1.82) is 0 Å². The average molecular weight is 304 g/mol. The second kappa shape index (κ2) is 6.09. The first kappa shape index (κ1) is 14.4. The van der Waals surface area contributed by atoms with Gasteiger partial charge in [-0.1, -0.05) is 29.9 Å². The van der Waals surface area contributed by atoms with Crippen molar-refractivity contribution in [1.82, 2.24) is 5.32 Å². The van der Waals surface area contributed by atoms with Crippen molar-refractivity contribution in [2.45, 2.75) is 31.7 Å². The Labute approximate surface area is 129 Å². The van der Waals surface area contributed by atoms with Crippen LogP contribution in [-0.4, -0.2) is 23.7 Å². The van der Waals surface area contributed by atoms with E-state index in [1.807, 2.05) is 0 Å². The van der Waals surface area contributed by atoms with Crippen LogP contribution in [0.5, 0.6) is 0 Å². The molecule has 2 N–H and O–H groups in total. The molecule has 2 bridgehead atoms. The van der Waals surface area contributed by atoms with Gasteiger partial charge < -0.3 is 10.4 Å². The number of aliphatic hydroxyl groups excluding tert-OH is 1. The van der Waals surface area contributed by atoms with Crippen LogP contribution < -0.4 is 5.32 Å². The van der Waals surface area contributed by atoms with Gasteiger partial charge in [-0.05, 0) is 49.3 Å². The number of benzene rings is 1. The minimum absolute atomic E-state index is 0.0592. The van der Waals surface area contributed by atoms with Crippen molar-refractivity contribution < 1.29 is 9.90 Å². The molecule has 110 valence electrons. The van der Waals surface area contributed by atoms with Crippen LogP contribution in [0.15, 0.2) is 18.2 Å². The Morgan fingerprint density at radius 2 is 2.24 bits per heavy atom. The lowest BCUT2D eigenvalue weighted by atomic mass is 9.95. The number of aliphatic hydroxyl groups is 1. The summed E-state index contributed by atoms with van der Waals surface area (Å²) in [6.07, 6.45) is 4.94. The molecule has 3 atom stereocenters. The van der Waals surface area contributed by atoms with Crippen molar-refractivity contribution in [3.63, 3.8) is 0 Å². The molecule has 21 heavy (non-hydrogen) atoms. The van der Waals surface area contributed by atoms with Crippen LogP contribution in [0.1, 0.15) is 41.6 Å². The first-order valence-electron chi connectivity index (χ1n) is 7.37. The van der Waals surface area contributed by atoms with E-state index >= 15 is 0 Å². The summed E-state index contributed by atoms with van der Waals surface area (Å²) in [5.41, 5.74) is 1.19. The largest absolute Gasteiger partial charge is 0.384 e. The first-order chi connectivity index (χ1) is 10.2. The van der Waals surface area contributed by atoms with E-state index in [1.54, 1.807) is 18.2 Å². The van der Waals surface area contributed by atoms with Gasteiger partial charge in [0.2, 0.25) is 0 Å². The predicted molar refractivity (Wildman–Crippen MR) is 82.1 cm³/mol. The molecule has 2 saturated carbocycles. The summed E-state index contributed by atoms with van der Waals surface area (Å²) < 4.78 is 0. The number of carbonyl (C=O) groups is 1. The van der Waals surface area contributed by atoms with Gasteiger partial charge in [0.25, 0.3) is 5.91 Å². The number of hydrogen-bond donors (Lipinski definition) is 2. The Morgan fingerprint density at radius 3 is 2.86 bits per heavy atom. The Morgan fingerprint density at radius 1 is 1.38 bits per heavy atom. The van der Waals surface area contributed by atoms with E-state index in [0.717, 1.165) is 12.3 Å². The molecule has 2 aliphatic rings. The molecule has 0 radical (unpaired) electrons. The number of halogens is 1. The zero-order valence-electron chi connectivity index (χ0n) is 11.7. The fraction of sp³-hybridized carbons (Fsp3) is 0.471. The SMILES string of the molecule is O=C(NC1CC2CCC1C2)c1ccc(C#CCO)c(Cl)c1. The summed E-state index contributed by atoms with van der Waals surface area (Å²) in [6, 6.07) is 5.42. The standard InChI is InChI=1S/C17H18ClNO2/c18-15-10-14(6-5-12(15)2-1-7-20)17(21)19-16-9-11-3-4-13(16)8-11/h5-6,10-11,13,16,20H,3-4,7-9H2,(H,19,21). The zero-order chi connectivity index (χ0) is 14.8. The Bertz CT molecular complexity index is 617. The molecule has 0 aromatic heterocycles. The lowest BCUT2D eigenvalue weighted by Crippen LogP contribution is -2.38. The molecule has 0 heterocycles. The van der Waals surface area contributed by atoms with E-state index in [-0.39, 0.29) is 12.5 Å². The van der Waals surface area contributed by atoms with Gasteiger partial charge >= 0.3 is 0 Å². The fourth-order valence-electron chi connectivity index (χ4n) is 3.57. The van der Waals surface area contributed by atoms with E-state index in [9.17, 15) is 4.79 Å². The van der Waals surface area contributed by atoms with E-state index < -0.39 is 0 Å². The molecule has 2 aliphatic carbocycles. The Kier molecular flexibility index (Phi) is 4.19. The minimum Gasteiger partial charge on any atom is -0.384 e. The lowest BCUT2D eigenvalue weighted by molar-refractivity contribution is 0.0923. The Balaban J connectivity index is 1.69. The van der Waals surface area contributed by atoms with Crippen LogP contribution in [0.4, 0.5) is 0 Å². The van der Waals surface area contributed by atoms with Crippen LogP contribution in [0.25, 0.3) is 0 Å². The van der Waals surface area contributed by atoms with Crippen LogP contribution in [0, 0.1) is 23.7 Å². The van der Waals surface area contributed by atoms with Gasteiger partial charge in [-0.25, -0.2) is 0 Å². The molecule has 3 nitrogen and oxygen atoms in total. The van der Waals surface area contributed by atoms with E-state index in [0.29, 0.717) is 28.1 Å². The highest BCUT2D eigenvalue weighted by atomic mass is 35.5. The highest BCUT2D eigenvalue weighted by Crippen LogP contribution is 2.44. The van der Waals surface area contributed by atoms with Crippen molar-refractivity contribution >= 4 is 17.5 Å². The second-order valence-corrected chi connectivity index (χ2v) is 6.32. The van der Waals surface area contributed by atoms with Crippen LogP contribution >= 0.6 is 11.6 Å². The molecular weight excluding hydrogens is 286 g/mol. The number of nitrogens with one attached hydrogen (secondary N) is 1. The topological polar surface area (TPSA) is 49.3 Å². The number of carbonyl (C=O) groups excluding carboxylic acids is 1. The smallest absolute Gasteiger partial charge is 0.251 e. The number of hydrogen-bond acceptors (Lipinski definition) is 2. The third-order valence-electron chi connectivity index (χ3n) is 4.59. The Hall–Kier alpha value is -1.50. The van der Waals surface area contributed by atoms with Gasteiger partial charge in [0.05, 0.1) is 5.02 Å². The molecular formula is C17H18ClNO2. The first-order valence-corrected chi connectivity index (χ1v) is 7.75. The monoisotopic (exact) mass is 303 g/mol. The van der Waals surface area contributed by atoms with Gasteiger partial charge in [0.15, 0.2) is 0 Å². The van der Waals surface area contributed by atoms with Crippen molar-refractivity contribution in [3.05, 3.63) is 34.3 Å². The summed E-state index contributed by atoms with van der Waals surface area (Å²) in [5.74, 6) is 6.71. The maximum absolute atomic E-state index is 12.3. The van der Waals surface area contributed by atoms with Gasteiger partial charge in [0.1, 0.15) is 6.61 Å². The maximum Gasteiger partial charge on any atom is 0.251 e. The summed E-state index contributed by atoms with van der Waals surface area (Å²) in [6.45, 7) is -0.206. The summed E-state index contributed by atoms with van der Waals surface area (Å²) >= 11 is 6.12. The fourth-order valence-corrected chi connectivity index (χ4v) is 3.79. The zero-order valence-corrected chi connectivity index (χ0v) is 12.5. The molecule has 1 aromatic carbocycles. The number of rotatable bonds is 2. The molecule has 1 amide bonds. The molecule has 0 aliphatic heterocycles. The highest BCUT2D eigenvalue weighted by molar-refractivity contribution is 6.32. The third-order valence-corrected chi connectivity index (χ3v) is 4.90. The summed E-state index contributed by atoms with van der Waals surface area (Å²) in [7, 11) is 0. The molecule has 0 saturated heterocycles. The van der Waals surface area contributed by atoms with E-state index in [4.69, 9.17) is 16.7 Å². The average Bonchev–Trinajstić information content (AvgIpc) is 3.08. The number of fused-ring (bicyclic) bond motifs is 2. The van der Waals surface area contributed by atoms with Gasteiger partial charge in [-0.3, -0.25) is 4.79 Å². The molecule has 2 fully saturated rings.